The Labute approximate surface area is 110 Å². The Morgan fingerprint density at radius 3 is 2.56 bits per heavy atom. The average Bonchev–Trinajstić information content (AvgIpc) is 2.37. The molecule has 1 aromatic rings. The largest absolute Gasteiger partial charge is 0.496 e. The number of carbonyl (C=O) groups excluding carboxylic acids is 1. The number of ketones is 1. The monoisotopic (exact) mass is 248 g/mol. The van der Waals surface area contributed by atoms with Gasteiger partial charge in [-0.15, -0.1) is 0 Å². The average molecular weight is 248 g/mol. The number of unbranched alkanes of at least 4 members (excludes halogenated alkanes) is 2. The number of Topliss-reactive ketones (excluding diaryl/α,β-unsaturated/α-hetero) is 1. The van der Waals surface area contributed by atoms with Gasteiger partial charge in [0.1, 0.15) is 5.75 Å². The van der Waals surface area contributed by atoms with Gasteiger partial charge in [0.25, 0.3) is 0 Å². The minimum atomic E-state index is 0.219. The molecule has 0 unspecified atom stereocenters. The Balaban J connectivity index is 2.81. The van der Waals surface area contributed by atoms with Crippen molar-refractivity contribution in [3.63, 3.8) is 0 Å². The van der Waals surface area contributed by atoms with Crippen LogP contribution in [0.15, 0.2) is 18.2 Å². The molecule has 0 saturated carbocycles. The van der Waals surface area contributed by atoms with E-state index in [1.807, 2.05) is 18.2 Å². The second-order valence-corrected chi connectivity index (χ2v) is 4.99. The van der Waals surface area contributed by atoms with Crippen LogP contribution in [0.4, 0.5) is 0 Å². The van der Waals surface area contributed by atoms with Crippen molar-refractivity contribution >= 4 is 5.78 Å². The Kier molecular flexibility index (Phi) is 5.90. The summed E-state index contributed by atoms with van der Waals surface area (Å²) in [6.45, 7) is 6.39. The van der Waals surface area contributed by atoms with Crippen molar-refractivity contribution in [2.24, 2.45) is 0 Å². The molecule has 1 aromatic carbocycles. The molecule has 0 aliphatic rings. The van der Waals surface area contributed by atoms with Crippen LogP contribution in [-0.2, 0) is 0 Å². The molecule has 0 spiro atoms. The summed E-state index contributed by atoms with van der Waals surface area (Å²) in [7, 11) is 1.66. The molecule has 0 radical (unpaired) electrons. The third-order valence-corrected chi connectivity index (χ3v) is 3.18. The van der Waals surface area contributed by atoms with Crippen LogP contribution in [0, 0.1) is 0 Å². The van der Waals surface area contributed by atoms with Gasteiger partial charge in [0, 0.05) is 12.0 Å². The smallest absolute Gasteiger partial charge is 0.163 e. The first-order valence-electron chi connectivity index (χ1n) is 6.81. The van der Waals surface area contributed by atoms with Gasteiger partial charge in [0.05, 0.1) is 7.11 Å². The van der Waals surface area contributed by atoms with E-state index in [4.69, 9.17) is 4.74 Å². The molecule has 0 aliphatic carbocycles. The highest BCUT2D eigenvalue weighted by Crippen LogP contribution is 2.27. The summed E-state index contributed by atoms with van der Waals surface area (Å²) >= 11 is 0. The maximum Gasteiger partial charge on any atom is 0.163 e. The quantitative estimate of drug-likeness (QED) is 0.521. The third-order valence-electron chi connectivity index (χ3n) is 3.18. The first kappa shape index (κ1) is 14.7. The lowest BCUT2D eigenvalue weighted by Gasteiger charge is -2.13. The lowest BCUT2D eigenvalue weighted by molar-refractivity contribution is 0.0979. The molecule has 0 atom stereocenters. The van der Waals surface area contributed by atoms with Crippen LogP contribution in [0.2, 0.25) is 0 Å². The highest BCUT2D eigenvalue weighted by molar-refractivity contribution is 5.96. The Bertz CT molecular complexity index is 394. The van der Waals surface area contributed by atoms with Crippen LogP contribution in [0.1, 0.15) is 68.3 Å². The van der Waals surface area contributed by atoms with Gasteiger partial charge in [0.15, 0.2) is 5.78 Å². The van der Waals surface area contributed by atoms with Crippen molar-refractivity contribution < 1.29 is 9.53 Å². The Hall–Kier alpha value is -1.31. The molecular weight excluding hydrogens is 224 g/mol. The molecule has 2 nitrogen and oxygen atoms in total. The highest BCUT2D eigenvalue weighted by atomic mass is 16.5. The van der Waals surface area contributed by atoms with Crippen LogP contribution >= 0.6 is 0 Å². The molecule has 0 bridgehead atoms. The molecule has 0 N–H and O–H groups in total. The van der Waals surface area contributed by atoms with E-state index < -0.39 is 0 Å². The number of hydrogen-bond acceptors (Lipinski definition) is 2. The summed E-state index contributed by atoms with van der Waals surface area (Å²) in [5.74, 6) is 1.45. The molecule has 0 aliphatic heterocycles. The van der Waals surface area contributed by atoms with Gasteiger partial charge < -0.3 is 4.74 Å². The van der Waals surface area contributed by atoms with E-state index in [-0.39, 0.29) is 5.78 Å². The fourth-order valence-corrected chi connectivity index (χ4v) is 2.04. The molecular formula is C16H24O2. The predicted molar refractivity (Wildman–Crippen MR) is 75.6 cm³/mol. The van der Waals surface area contributed by atoms with E-state index >= 15 is 0 Å². The summed E-state index contributed by atoms with van der Waals surface area (Å²) in [6.07, 6.45) is 3.87. The molecule has 100 valence electrons. The van der Waals surface area contributed by atoms with Crippen LogP contribution in [0.25, 0.3) is 0 Å². The standard InChI is InChI=1S/C16H24O2/c1-5-6-7-8-15(17)13-9-10-14(12(2)3)16(11-13)18-4/h9-12H,5-8H2,1-4H3. The zero-order valence-electron chi connectivity index (χ0n) is 12.0. The minimum Gasteiger partial charge on any atom is -0.496 e. The second-order valence-electron chi connectivity index (χ2n) is 4.99. The van der Waals surface area contributed by atoms with Gasteiger partial charge in [-0.3, -0.25) is 4.79 Å². The fraction of sp³-hybridized carbons (Fsp3) is 0.562. The van der Waals surface area contributed by atoms with Crippen LogP contribution < -0.4 is 4.74 Å². The summed E-state index contributed by atoms with van der Waals surface area (Å²) in [4.78, 5) is 12.0. The van der Waals surface area contributed by atoms with Gasteiger partial charge in [0.2, 0.25) is 0 Å². The van der Waals surface area contributed by atoms with Crippen molar-refractivity contribution in [3.05, 3.63) is 29.3 Å². The molecule has 0 fully saturated rings. The van der Waals surface area contributed by atoms with E-state index in [0.29, 0.717) is 12.3 Å². The molecule has 0 heterocycles. The van der Waals surface area contributed by atoms with E-state index in [1.165, 1.54) is 0 Å². The minimum absolute atomic E-state index is 0.219. The molecule has 0 saturated heterocycles. The first-order chi connectivity index (χ1) is 8.60. The number of methoxy groups -OCH3 is 1. The fourth-order valence-electron chi connectivity index (χ4n) is 2.04. The van der Waals surface area contributed by atoms with Crippen LogP contribution in [0.5, 0.6) is 5.75 Å². The first-order valence-corrected chi connectivity index (χ1v) is 6.81. The van der Waals surface area contributed by atoms with Crippen molar-refractivity contribution in [1.82, 2.24) is 0 Å². The normalized spacial score (nSPS) is 10.7. The molecule has 1 rings (SSSR count). The molecule has 0 amide bonds. The van der Waals surface area contributed by atoms with Crippen LogP contribution in [0.3, 0.4) is 0 Å². The number of carbonyl (C=O) groups is 1. The molecule has 2 heteroatoms. The predicted octanol–water partition coefficient (Wildman–Crippen LogP) is 4.58. The zero-order chi connectivity index (χ0) is 13.5. The highest BCUT2D eigenvalue weighted by Gasteiger charge is 2.11. The van der Waals surface area contributed by atoms with E-state index in [1.54, 1.807) is 7.11 Å². The number of benzene rings is 1. The summed E-state index contributed by atoms with van der Waals surface area (Å²) in [6, 6.07) is 5.81. The maximum atomic E-state index is 12.0. The number of hydrogen-bond donors (Lipinski definition) is 0. The Morgan fingerprint density at radius 2 is 2.00 bits per heavy atom. The summed E-state index contributed by atoms with van der Waals surface area (Å²) in [5, 5.41) is 0. The van der Waals surface area contributed by atoms with E-state index in [9.17, 15) is 4.79 Å². The van der Waals surface area contributed by atoms with E-state index in [2.05, 4.69) is 20.8 Å². The molecule has 0 aromatic heterocycles. The van der Waals surface area contributed by atoms with Crippen LogP contribution in [-0.4, -0.2) is 12.9 Å². The van der Waals surface area contributed by atoms with Crippen molar-refractivity contribution in [1.29, 1.82) is 0 Å². The lowest BCUT2D eigenvalue weighted by Crippen LogP contribution is -2.02. The zero-order valence-corrected chi connectivity index (χ0v) is 12.0. The van der Waals surface area contributed by atoms with Crippen molar-refractivity contribution in [2.45, 2.75) is 52.4 Å². The van der Waals surface area contributed by atoms with Crippen molar-refractivity contribution in [2.75, 3.05) is 7.11 Å². The lowest BCUT2D eigenvalue weighted by atomic mass is 9.97. The van der Waals surface area contributed by atoms with Gasteiger partial charge in [-0.05, 0) is 24.0 Å². The second kappa shape index (κ2) is 7.20. The number of ether oxygens (including phenoxy) is 1. The third kappa shape index (κ3) is 3.86. The summed E-state index contributed by atoms with van der Waals surface area (Å²) < 4.78 is 5.37. The van der Waals surface area contributed by atoms with Gasteiger partial charge in [-0.25, -0.2) is 0 Å². The van der Waals surface area contributed by atoms with Crippen molar-refractivity contribution in [3.8, 4) is 5.75 Å². The molecule has 18 heavy (non-hydrogen) atoms. The SMILES string of the molecule is CCCCCC(=O)c1ccc(C(C)C)c(OC)c1. The topological polar surface area (TPSA) is 26.3 Å². The van der Waals surface area contributed by atoms with E-state index in [0.717, 1.165) is 36.1 Å². The number of rotatable bonds is 7. The summed E-state index contributed by atoms with van der Waals surface area (Å²) in [5.41, 5.74) is 1.93. The van der Waals surface area contributed by atoms with Gasteiger partial charge >= 0.3 is 0 Å². The van der Waals surface area contributed by atoms with Gasteiger partial charge in [-0.1, -0.05) is 45.7 Å². The Morgan fingerprint density at radius 1 is 1.28 bits per heavy atom. The maximum absolute atomic E-state index is 12.0. The van der Waals surface area contributed by atoms with Gasteiger partial charge in [-0.2, -0.15) is 0 Å².